The van der Waals surface area contributed by atoms with Crippen molar-refractivity contribution in [3.63, 3.8) is 0 Å². The van der Waals surface area contributed by atoms with E-state index >= 15 is 0 Å². The molecule has 0 atom stereocenters. The summed E-state index contributed by atoms with van der Waals surface area (Å²) in [6, 6.07) is 12.6. The van der Waals surface area contributed by atoms with E-state index in [4.69, 9.17) is 10.3 Å². The normalized spacial score (nSPS) is 11.6. The summed E-state index contributed by atoms with van der Waals surface area (Å²) in [5.74, 6) is 0.791. The summed E-state index contributed by atoms with van der Waals surface area (Å²) in [4.78, 5) is 8.57. The summed E-state index contributed by atoms with van der Waals surface area (Å²) in [6.07, 6.45) is -4.76. The fourth-order valence-electron chi connectivity index (χ4n) is 2.74. The highest BCUT2D eigenvalue weighted by Gasteiger charge is 2.31. The number of para-hydroxylation sites is 1. The van der Waals surface area contributed by atoms with E-state index in [2.05, 4.69) is 25.0 Å². The lowest BCUT2D eigenvalue weighted by molar-refractivity contribution is -0.274. The topological polar surface area (TPSA) is 105 Å². The molecule has 0 saturated carbocycles. The predicted octanol–water partition coefficient (Wildman–Crippen LogP) is 3.83. The Labute approximate surface area is 168 Å². The van der Waals surface area contributed by atoms with Gasteiger partial charge in [0.15, 0.2) is 0 Å². The Bertz CT molecular complexity index is 1170. The average molecular weight is 416 g/mol. The number of aryl methyl sites for hydroxylation is 1. The van der Waals surface area contributed by atoms with Gasteiger partial charge in [-0.3, -0.25) is 0 Å². The van der Waals surface area contributed by atoms with Crippen LogP contribution in [0.2, 0.25) is 0 Å². The minimum atomic E-state index is -4.76. The van der Waals surface area contributed by atoms with Crippen molar-refractivity contribution in [1.82, 2.24) is 24.9 Å². The van der Waals surface area contributed by atoms with E-state index in [-0.39, 0.29) is 23.3 Å². The quantitative estimate of drug-likeness (QED) is 0.493. The number of ether oxygens (including phenoxy) is 1. The molecular formula is C19H15F3N6O2. The van der Waals surface area contributed by atoms with Crippen LogP contribution in [0.3, 0.4) is 0 Å². The molecule has 2 aromatic carbocycles. The second-order valence-electron chi connectivity index (χ2n) is 6.33. The Hall–Kier alpha value is -3.89. The van der Waals surface area contributed by atoms with Crippen molar-refractivity contribution in [3.8, 4) is 28.9 Å². The molecule has 8 nitrogen and oxygen atoms in total. The molecule has 0 aliphatic heterocycles. The number of aromatic nitrogens is 5. The second-order valence-corrected chi connectivity index (χ2v) is 6.33. The van der Waals surface area contributed by atoms with Crippen molar-refractivity contribution >= 4 is 5.69 Å². The molecule has 11 heteroatoms. The number of hydrogen-bond donors (Lipinski definition) is 1. The minimum absolute atomic E-state index is 0.0866. The van der Waals surface area contributed by atoms with Gasteiger partial charge in [0.2, 0.25) is 11.6 Å². The third kappa shape index (κ3) is 4.24. The lowest BCUT2D eigenvalue weighted by atomic mass is 10.2. The first-order valence-electron chi connectivity index (χ1n) is 8.73. The average Bonchev–Trinajstić information content (AvgIpc) is 3.30. The second kappa shape index (κ2) is 7.50. The highest BCUT2D eigenvalue weighted by atomic mass is 19.4. The van der Waals surface area contributed by atoms with Gasteiger partial charge in [-0.05, 0) is 42.8 Å². The molecule has 4 rings (SSSR count). The van der Waals surface area contributed by atoms with Crippen molar-refractivity contribution in [3.05, 3.63) is 59.9 Å². The number of nitrogen functional groups attached to an aromatic ring is 1. The smallest absolute Gasteiger partial charge is 0.406 e. The van der Waals surface area contributed by atoms with Crippen molar-refractivity contribution in [2.75, 3.05) is 5.73 Å². The van der Waals surface area contributed by atoms with Crippen LogP contribution in [0.5, 0.6) is 5.75 Å². The van der Waals surface area contributed by atoms with E-state index in [9.17, 15) is 13.2 Å². The number of nitrogens with two attached hydrogens (primary N) is 1. The Kier molecular flexibility index (Phi) is 4.86. The van der Waals surface area contributed by atoms with Gasteiger partial charge in [0, 0.05) is 11.3 Å². The molecule has 0 bridgehead atoms. The first-order valence-corrected chi connectivity index (χ1v) is 8.73. The number of halogens is 3. The predicted molar refractivity (Wildman–Crippen MR) is 100 cm³/mol. The van der Waals surface area contributed by atoms with Gasteiger partial charge in [0.1, 0.15) is 11.6 Å². The summed E-state index contributed by atoms with van der Waals surface area (Å²) in [7, 11) is 0. The van der Waals surface area contributed by atoms with Gasteiger partial charge >= 0.3 is 6.36 Å². The van der Waals surface area contributed by atoms with Gasteiger partial charge in [-0.15, -0.1) is 18.3 Å². The van der Waals surface area contributed by atoms with Crippen LogP contribution < -0.4 is 10.5 Å². The number of hydrogen-bond acceptors (Lipinski definition) is 7. The van der Waals surface area contributed by atoms with Crippen LogP contribution in [0, 0.1) is 6.92 Å². The molecule has 2 N–H and O–H groups in total. The Balaban J connectivity index is 1.54. The maximum absolute atomic E-state index is 12.3. The number of nitrogens with zero attached hydrogens (tertiary/aromatic N) is 5. The Morgan fingerprint density at radius 2 is 1.77 bits per heavy atom. The minimum Gasteiger partial charge on any atom is -0.406 e. The molecule has 0 aliphatic carbocycles. The molecule has 154 valence electrons. The Morgan fingerprint density at radius 3 is 2.47 bits per heavy atom. The zero-order chi connectivity index (χ0) is 21.3. The van der Waals surface area contributed by atoms with Gasteiger partial charge in [-0.1, -0.05) is 23.4 Å². The summed E-state index contributed by atoms with van der Waals surface area (Å²) in [5, 5.41) is 8.23. The first-order chi connectivity index (χ1) is 14.3. The fraction of sp³-hybridized carbons (Fsp3) is 0.158. The Morgan fingerprint density at radius 1 is 1.03 bits per heavy atom. The molecule has 0 saturated heterocycles. The first kappa shape index (κ1) is 19.4. The van der Waals surface area contributed by atoms with Crippen molar-refractivity contribution in [1.29, 1.82) is 0 Å². The standard InChI is InChI=1S/C19H15F3N6O2/c1-11-24-17(26-28(11)10-13-4-2-3-5-15(13)23)18-25-16(27-30-18)12-6-8-14(9-7-12)29-19(20,21)22/h2-9H,10,23H2,1H3. The molecule has 0 aliphatic rings. The van der Waals surface area contributed by atoms with Crippen LogP contribution in [0.25, 0.3) is 23.1 Å². The van der Waals surface area contributed by atoms with Gasteiger partial charge in [-0.2, -0.15) is 4.98 Å². The lowest BCUT2D eigenvalue weighted by Gasteiger charge is -2.08. The summed E-state index contributed by atoms with van der Waals surface area (Å²) in [5.41, 5.74) is 7.96. The maximum atomic E-state index is 12.3. The van der Waals surface area contributed by atoms with Gasteiger partial charge in [0.05, 0.1) is 6.54 Å². The molecule has 0 radical (unpaired) electrons. The molecule has 0 amide bonds. The largest absolute Gasteiger partial charge is 0.573 e. The SMILES string of the molecule is Cc1nc(-c2nc(-c3ccc(OC(F)(F)F)cc3)no2)nn1Cc1ccccc1N. The van der Waals surface area contributed by atoms with Crippen molar-refractivity contribution in [2.24, 2.45) is 0 Å². The van der Waals surface area contributed by atoms with Crippen molar-refractivity contribution in [2.45, 2.75) is 19.8 Å². The number of benzene rings is 2. The summed E-state index contributed by atoms with van der Waals surface area (Å²) < 4.78 is 47.5. The monoisotopic (exact) mass is 416 g/mol. The number of rotatable bonds is 5. The lowest BCUT2D eigenvalue weighted by Crippen LogP contribution is -2.16. The maximum Gasteiger partial charge on any atom is 0.573 e. The summed E-state index contributed by atoms with van der Waals surface area (Å²) in [6.45, 7) is 2.21. The highest BCUT2D eigenvalue weighted by Crippen LogP contribution is 2.26. The molecule has 0 unspecified atom stereocenters. The zero-order valence-electron chi connectivity index (χ0n) is 15.6. The third-order valence-corrected chi connectivity index (χ3v) is 4.20. The number of anilines is 1. The fourth-order valence-corrected chi connectivity index (χ4v) is 2.74. The summed E-state index contributed by atoms with van der Waals surface area (Å²) >= 11 is 0. The molecular weight excluding hydrogens is 401 g/mol. The van der Waals surface area contributed by atoms with Crippen LogP contribution in [-0.2, 0) is 6.54 Å². The van der Waals surface area contributed by atoms with Gasteiger partial charge in [0.25, 0.3) is 5.89 Å². The van der Waals surface area contributed by atoms with E-state index in [1.54, 1.807) is 17.7 Å². The molecule has 0 fully saturated rings. The van der Waals surface area contributed by atoms with Crippen LogP contribution in [0.15, 0.2) is 53.1 Å². The van der Waals surface area contributed by atoms with E-state index in [1.165, 1.54) is 24.3 Å². The highest BCUT2D eigenvalue weighted by molar-refractivity contribution is 5.57. The number of alkyl halides is 3. The van der Waals surface area contributed by atoms with Gasteiger partial charge < -0.3 is 15.0 Å². The third-order valence-electron chi connectivity index (χ3n) is 4.20. The van der Waals surface area contributed by atoms with E-state index in [0.717, 1.165) is 5.56 Å². The van der Waals surface area contributed by atoms with E-state index < -0.39 is 6.36 Å². The van der Waals surface area contributed by atoms with E-state index in [0.29, 0.717) is 23.6 Å². The van der Waals surface area contributed by atoms with Crippen molar-refractivity contribution < 1.29 is 22.4 Å². The van der Waals surface area contributed by atoms with Gasteiger partial charge in [-0.25, -0.2) is 9.67 Å². The molecule has 2 aromatic heterocycles. The van der Waals surface area contributed by atoms with Crippen LogP contribution in [0.4, 0.5) is 18.9 Å². The van der Waals surface area contributed by atoms with Crippen LogP contribution >= 0.6 is 0 Å². The molecule has 30 heavy (non-hydrogen) atoms. The van der Waals surface area contributed by atoms with Crippen LogP contribution in [0.1, 0.15) is 11.4 Å². The molecule has 2 heterocycles. The van der Waals surface area contributed by atoms with Crippen LogP contribution in [-0.4, -0.2) is 31.3 Å². The van der Waals surface area contributed by atoms with E-state index in [1.807, 2.05) is 18.2 Å². The zero-order valence-corrected chi connectivity index (χ0v) is 15.6. The molecule has 4 aromatic rings. The molecule has 0 spiro atoms.